The summed E-state index contributed by atoms with van der Waals surface area (Å²) in [6.07, 6.45) is 1.17. The van der Waals surface area contributed by atoms with Gasteiger partial charge in [-0.2, -0.15) is 10.5 Å². The van der Waals surface area contributed by atoms with Crippen molar-refractivity contribution in [2.75, 3.05) is 0 Å². The quantitative estimate of drug-likeness (QED) is 0.633. The van der Waals surface area contributed by atoms with Crippen molar-refractivity contribution in [2.24, 2.45) is 11.3 Å². The predicted molar refractivity (Wildman–Crippen MR) is 52.8 cm³/mol. The van der Waals surface area contributed by atoms with Crippen LogP contribution >= 0.6 is 0 Å². The molecule has 0 unspecified atom stereocenters. The third kappa shape index (κ3) is 0.524. The summed E-state index contributed by atoms with van der Waals surface area (Å²) >= 11 is 0. The zero-order valence-corrected chi connectivity index (χ0v) is 8.07. The molecule has 2 saturated carbocycles. The minimum atomic E-state index is -0.0880. The molecule has 0 bridgehead atoms. The second kappa shape index (κ2) is 1.92. The third-order valence-corrected chi connectivity index (χ3v) is 4.63. The summed E-state index contributed by atoms with van der Waals surface area (Å²) in [5, 5.41) is 18.3. The lowest BCUT2D eigenvalue weighted by Crippen LogP contribution is -2.24. The van der Waals surface area contributed by atoms with Crippen LogP contribution in [0.1, 0.15) is 34.9 Å². The highest BCUT2D eigenvalue weighted by Gasteiger charge is 2.81. The van der Waals surface area contributed by atoms with Gasteiger partial charge in [0.05, 0.1) is 23.1 Å². The molecule has 0 amide bonds. The summed E-state index contributed by atoms with van der Waals surface area (Å²) in [5.74, 6) is 1.38. The van der Waals surface area contributed by atoms with Gasteiger partial charge in [-0.1, -0.05) is 12.1 Å². The van der Waals surface area contributed by atoms with E-state index in [-0.39, 0.29) is 5.41 Å². The van der Waals surface area contributed by atoms with Gasteiger partial charge in [-0.15, -0.1) is 0 Å². The molecule has 15 heavy (non-hydrogen) atoms. The summed E-state index contributed by atoms with van der Waals surface area (Å²) < 4.78 is 0. The lowest BCUT2D eigenvalue weighted by molar-refractivity contribution is 0.311. The van der Waals surface area contributed by atoms with Crippen molar-refractivity contribution in [3.8, 4) is 12.1 Å². The lowest BCUT2D eigenvalue weighted by atomic mass is 9.70. The fourth-order valence-corrected chi connectivity index (χ4v) is 3.96. The summed E-state index contributed by atoms with van der Waals surface area (Å²) in [5.41, 5.74) is 3.18. The first-order chi connectivity index (χ1) is 7.34. The van der Waals surface area contributed by atoms with E-state index in [1.165, 1.54) is 17.5 Å². The minimum absolute atomic E-state index is 0.0880. The fourth-order valence-electron chi connectivity index (χ4n) is 3.96. The molecule has 0 aliphatic heterocycles. The molecule has 4 rings (SSSR count). The number of hydrogen-bond acceptors (Lipinski definition) is 2. The van der Waals surface area contributed by atoms with Crippen molar-refractivity contribution in [2.45, 2.75) is 18.3 Å². The van der Waals surface area contributed by atoms with Crippen molar-refractivity contribution in [3.63, 3.8) is 0 Å². The Labute approximate surface area is 87.8 Å². The first kappa shape index (κ1) is 7.49. The van der Waals surface area contributed by atoms with Crippen LogP contribution in [-0.2, 0) is 0 Å². The van der Waals surface area contributed by atoms with Crippen LogP contribution in [0.25, 0.3) is 0 Å². The summed E-state index contributed by atoms with van der Waals surface area (Å²) in [6, 6.07) is 10.7. The van der Waals surface area contributed by atoms with Gasteiger partial charge in [0.1, 0.15) is 0 Å². The van der Waals surface area contributed by atoms with Gasteiger partial charge in [0, 0.05) is 11.8 Å². The molecule has 2 nitrogen and oxygen atoms in total. The Morgan fingerprint density at radius 2 is 2.20 bits per heavy atom. The van der Waals surface area contributed by atoms with E-state index in [2.05, 4.69) is 18.2 Å². The predicted octanol–water partition coefficient (Wildman–Crippen LogP) is 2.28. The van der Waals surface area contributed by atoms with E-state index in [4.69, 9.17) is 5.26 Å². The Hall–Kier alpha value is -1.80. The number of nitriles is 2. The van der Waals surface area contributed by atoms with Crippen LogP contribution in [0, 0.1) is 34.0 Å². The van der Waals surface area contributed by atoms with Gasteiger partial charge in [0.2, 0.25) is 0 Å². The average molecular weight is 192 g/mol. The maximum absolute atomic E-state index is 9.27. The second-order valence-corrected chi connectivity index (χ2v) is 4.84. The Kier molecular flexibility index (Phi) is 0.960. The number of fused-ring (bicyclic) bond motifs is 4. The average Bonchev–Trinajstić information content (AvgIpc) is 2.69. The Bertz CT molecular complexity index is 575. The molecule has 0 radical (unpaired) electrons. The Balaban J connectivity index is 2.02. The van der Waals surface area contributed by atoms with E-state index in [1.807, 2.05) is 12.1 Å². The Morgan fingerprint density at radius 1 is 1.33 bits per heavy atom. The zero-order valence-electron chi connectivity index (χ0n) is 8.07. The largest absolute Gasteiger partial charge is 0.198 e. The van der Waals surface area contributed by atoms with E-state index in [0.29, 0.717) is 17.8 Å². The van der Waals surface area contributed by atoms with E-state index < -0.39 is 0 Å². The van der Waals surface area contributed by atoms with Crippen LogP contribution < -0.4 is 0 Å². The maximum atomic E-state index is 9.27. The fraction of sp³-hybridized carbons (Fsp3) is 0.385. The molecule has 0 spiro atoms. The van der Waals surface area contributed by atoms with Gasteiger partial charge < -0.3 is 0 Å². The highest BCUT2D eigenvalue weighted by Crippen LogP contribution is 2.87. The van der Waals surface area contributed by atoms with Gasteiger partial charge in [-0.25, -0.2) is 0 Å². The third-order valence-electron chi connectivity index (χ3n) is 4.63. The van der Waals surface area contributed by atoms with Crippen molar-refractivity contribution in [1.29, 1.82) is 10.5 Å². The van der Waals surface area contributed by atoms with Crippen molar-refractivity contribution < 1.29 is 0 Å². The molecule has 2 fully saturated rings. The molecular weight excluding hydrogens is 184 g/mol. The lowest BCUT2D eigenvalue weighted by Gasteiger charge is -2.31. The molecule has 70 valence electrons. The van der Waals surface area contributed by atoms with Gasteiger partial charge in [0.15, 0.2) is 0 Å². The smallest absolute Gasteiger partial charge is 0.0994 e. The van der Waals surface area contributed by atoms with E-state index in [1.54, 1.807) is 0 Å². The van der Waals surface area contributed by atoms with Crippen LogP contribution in [0.4, 0.5) is 0 Å². The summed E-state index contributed by atoms with van der Waals surface area (Å²) in [7, 11) is 0. The molecule has 4 atom stereocenters. The van der Waals surface area contributed by atoms with Crippen LogP contribution in [-0.4, -0.2) is 0 Å². The van der Waals surface area contributed by atoms with Gasteiger partial charge >= 0.3 is 0 Å². The molecule has 1 aromatic rings. The standard InChI is InChI=1S/C13H8N2/c14-5-7-2-1-3-8-9-4-10-12(11(7)8)13(9,10)6-15/h1-3,9-10,12H,4H2/t9-,10+,12+,13+/m1/s1. The molecule has 0 heterocycles. The molecule has 0 N–H and O–H groups in total. The molecule has 0 aromatic heterocycles. The van der Waals surface area contributed by atoms with Crippen LogP contribution in [0.3, 0.4) is 0 Å². The minimum Gasteiger partial charge on any atom is -0.198 e. The Morgan fingerprint density at radius 3 is 2.93 bits per heavy atom. The van der Waals surface area contributed by atoms with E-state index >= 15 is 0 Å². The molecule has 3 aliphatic carbocycles. The topological polar surface area (TPSA) is 47.6 Å². The number of rotatable bonds is 0. The van der Waals surface area contributed by atoms with Crippen molar-refractivity contribution in [1.82, 2.24) is 0 Å². The maximum Gasteiger partial charge on any atom is 0.0994 e. The van der Waals surface area contributed by atoms with Gasteiger partial charge in [0.25, 0.3) is 0 Å². The number of benzene rings is 1. The first-order valence-corrected chi connectivity index (χ1v) is 5.28. The van der Waals surface area contributed by atoms with Crippen molar-refractivity contribution in [3.05, 3.63) is 34.9 Å². The molecule has 1 aromatic carbocycles. The second-order valence-electron chi connectivity index (χ2n) is 4.84. The molecule has 3 aliphatic rings. The SMILES string of the molecule is N#Cc1cccc2c1[C@@H]1[C@@H]3C[C@H]2[C@]13C#N. The molecule has 0 saturated heterocycles. The summed E-state index contributed by atoms with van der Waals surface area (Å²) in [6.45, 7) is 0. The number of nitrogens with zero attached hydrogens (tertiary/aromatic N) is 2. The number of hydrogen-bond donors (Lipinski definition) is 0. The molecule has 2 heteroatoms. The van der Waals surface area contributed by atoms with Gasteiger partial charge in [-0.3, -0.25) is 0 Å². The van der Waals surface area contributed by atoms with E-state index in [0.717, 1.165) is 5.56 Å². The highest BCUT2D eigenvalue weighted by atomic mass is 14.8. The first-order valence-electron chi connectivity index (χ1n) is 5.28. The van der Waals surface area contributed by atoms with Gasteiger partial charge in [-0.05, 0) is 29.5 Å². The van der Waals surface area contributed by atoms with Crippen LogP contribution in [0.5, 0.6) is 0 Å². The summed E-state index contributed by atoms with van der Waals surface area (Å²) in [4.78, 5) is 0. The molecular formula is C13H8N2. The monoisotopic (exact) mass is 192 g/mol. The highest BCUT2D eigenvalue weighted by molar-refractivity contribution is 5.64. The van der Waals surface area contributed by atoms with Crippen molar-refractivity contribution >= 4 is 0 Å². The van der Waals surface area contributed by atoms with E-state index in [9.17, 15) is 5.26 Å². The normalized spacial score (nSPS) is 41.9. The van der Waals surface area contributed by atoms with Crippen LogP contribution in [0.15, 0.2) is 18.2 Å². The zero-order chi connectivity index (χ0) is 10.2. The van der Waals surface area contributed by atoms with Crippen LogP contribution in [0.2, 0.25) is 0 Å².